The van der Waals surface area contributed by atoms with Gasteiger partial charge in [-0.3, -0.25) is 10.1 Å². The minimum absolute atomic E-state index is 0.0549. The second kappa shape index (κ2) is 4.40. The summed E-state index contributed by atoms with van der Waals surface area (Å²) in [5.74, 6) is 0. The van der Waals surface area contributed by atoms with Gasteiger partial charge in [-0.2, -0.15) is 13.2 Å². The van der Waals surface area contributed by atoms with Crippen LogP contribution >= 0.6 is 11.6 Å². The van der Waals surface area contributed by atoms with Crippen molar-refractivity contribution in [2.24, 2.45) is 0 Å². The first-order valence-electron chi connectivity index (χ1n) is 3.84. The summed E-state index contributed by atoms with van der Waals surface area (Å²) in [6, 6.07) is 0.0549. The molecule has 0 spiro atoms. The Morgan fingerprint density at radius 1 is 1.41 bits per heavy atom. The monoisotopic (exact) mass is 276 g/mol. The Labute approximate surface area is 95.2 Å². The molecule has 1 aromatic heterocycles. The highest BCUT2D eigenvalue weighted by Crippen LogP contribution is 2.41. The highest BCUT2D eigenvalue weighted by atomic mass is 35.5. The number of hydrogen-bond donors (Lipinski definition) is 0. The lowest BCUT2D eigenvalue weighted by atomic mass is 10.2. The van der Waals surface area contributed by atoms with Crippen LogP contribution in [0.25, 0.3) is 0 Å². The van der Waals surface area contributed by atoms with Crippen LogP contribution in [0.15, 0.2) is 6.07 Å². The van der Waals surface area contributed by atoms with Crippen molar-refractivity contribution in [3.8, 4) is 0 Å². The van der Waals surface area contributed by atoms with Crippen LogP contribution in [0, 0.1) is 10.1 Å². The number of nitro groups is 1. The maximum absolute atomic E-state index is 12.4. The minimum Gasteiger partial charge on any atom is -0.258 e. The Hall–Kier alpha value is -1.51. The largest absolute Gasteiger partial charge is 0.426 e. The number of hydrogen-bond acceptors (Lipinski definition) is 3. The van der Waals surface area contributed by atoms with E-state index in [0.29, 0.717) is 0 Å². The summed E-state index contributed by atoms with van der Waals surface area (Å²) < 4.78 is 61.5. The van der Waals surface area contributed by atoms with Crippen LogP contribution in [0.5, 0.6) is 0 Å². The van der Waals surface area contributed by atoms with Crippen molar-refractivity contribution in [3.05, 3.63) is 32.6 Å². The molecule has 0 aliphatic rings. The minimum atomic E-state index is -5.15. The van der Waals surface area contributed by atoms with Crippen LogP contribution < -0.4 is 0 Å². The normalized spacial score (nSPS) is 11.9. The Morgan fingerprint density at radius 3 is 2.29 bits per heavy atom. The number of alkyl halides is 5. The molecule has 17 heavy (non-hydrogen) atoms. The van der Waals surface area contributed by atoms with Crippen molar-refractivity contribution < 1.29 is 26.9 Å². The lowest BCUT2D eigenvalue weighted by Gasteiger charge is -2.10. The first-order valence-corrected chi connectivity index (χ1v) is 4.22. The molecule has 94 valence electrons. The van der Waals surface area contributed by atoms with E-state index in [1.54, 1.807) is 0 Å². The molecule has 0 amide bonds. The predicted molar refractivity (Wildman–Crippen MR) is 45.9 cm³/mol. The lowest BCUT2D eigenvalue weighted by molar-refractivity contribution is -0.388. The van der Waals surface area contributed by atoms with E-state index >= 15 is 0 Å². The van der Waals surface area contributed by atoms with E-state index in [-0.39, 0.29) is 6.07 Å². The maximum atomic E-state index is 12.4. The van der Waals surface area contributed by atoms with E-state index in [9.17, 15) is 32.1 Å². The molecule has 1 rings (SSSR count). The number of aromatic nitrogens is 1. The molecule has 0 fully saturated rings. The zero-order valence-electron chi connectivity index (χ0n) is 7.63. The topological polar surface area (TPSA) is 56.0 Å². The Balaban J connectivity index is 3.56. The molecule has 0 aliphatic heterocycles. The molecule has 0 aromatic carbocycles. The molecule has 1 aromatic rings. The summed E-state index contributed by atoms with van der Waals surface area (Å²) in [5, 5.41) is 9.00. The third kappa shape index (κ3) is 2.78. The van der Waals surface area contributed by atoms with Crippen LogP contribution in [0.2, 0.25) is 5.15 Å². The molecule has 4 nitrogen and oxygen atoms in total. The molecule has 0 bridgehead atoms. The summed E-state index contributed by atoms with van der Waals surface area (Å²) in [6.07, 6.45) is -8.40. The summed E-state index contributed by atoms with van der Waals surface area (Å²) in [7, 11) is 0. The van der Waals surface area contributed by atoms with Gasteiger partial charge in [0.15, 0.2) is 5.56 Å². The van der Waals surface area contributed by atoms with E-state index < -0.39 is 39.6 Å². The third-order valence-corrected chi connectivity index (χ3v) is 1.95. The molecular formula is C7H2ClF5N2O2. The highest BCUT2D eigenvalue weighted by molar-refractivity contribution is 6.30. The van der Waals surface area contributed by atoms with Crippen molar-refractivity contribution in [2.75, 3.05) is 0 Å². The fourth-order valence-corrected chi connectivity index (χ4v) is 1.34. The molecule has 0 unspecified atom stereocenters. The van der Waals surface area contributed by atoms with Gasteiger partial charge in [-0.1, -0.05) is 11.6 Å². The fourth-order valence-electron chi connectivity index (χ4n) is 1.04. The number of halogens is 6. The van der Waals surface area contributed by atoms with Crippen LogP contribution in [-0.2, 0) is 6.18 Å². The van der Waals surface area contributed by atoms with Crippen LogP contribution in [0.4, 0.5) is 27.6 Å². The molecule has 0 saturated heterocycles. The summed E-state index contributed by atoms with van der Waals surface area (Å²) in [6.45, 7) is 0. The Bertz CT molecular complexity index is 462. The number of nitrogens with zero attached hydrogens (tertiary/aromatic N) is 2. The zero-order valence-corrected chi connectivity index (χ0v) is 8.39. The summed E-state index contributed by atoms with van der Waals surface area (Å²) in [4.78, 5) is 11.7. The van der Waals surface area contributed by atoms with Crippen molar-refractivity contribution in [1.29, 1.82) is 0 Å². The van der Waals surface area contributed by atoms with Crippen molar-refractivity contribution in [3.63, 3.8) is 0 Å². The summed E-state index contributed by atoms with van der Waals surface area (Å²) >= 11 is 5.04. The molecule has 1 heterocycles. The molecule has 0 N–H and O–H groups in total. The van der Waals surface area contributed by atoms with Crippen molar-refractivity contribution in [1.82, 2.24) is 4.98 Å². The van der Waals surface area contributed by atoms with Gasteiger partial charge in [0.05, 0.1) is 4.92 Å². The SMILES string of the molecule is O=[N+]([O-])c1cc(C(F)F)nc(Cl)c1C(F)(F)F. The van der Waals surface area contributed by atoms with E-state index in [2.05, 4.69) is 4.98 Å². The van der Waals surface area contributed by atoms with E-state index in [1.165, 1.54) is 0 Å². The lowest BCUT2D eigenvalue weighted by Crippen LogP contribution is -2.12. The van der Waals surface area contributed by atoms with Gasteiger partial charge < -0.3 is 0 Å². The quantitative estimate of drug-likeness (QED) is 0.359. The molecule has 0 aliphatic carbocycles. The first kappa shape index (κ1) is 13.6. The average molecular weight is 277 g/mol. The molecule has 0 atom stereocenters. The average Bonchev–Trinajstić information content (AvgIpc) is 2.13. The van der Waals surface area contributed by atoms with Crippen molar-refractivity contribution >= 4 is 17.3 Å². The molecular weight excluding hydrogens is 275 g/mol. The van der Waals surface area contributed by atoms with Gasteiger partial charge in [-0.15, -0.1) is 0 Å². The third-order valence-electron chi connectivity index (χ3n) is 1.68. The zero-order chi connectivity index (χ0) is 13.4. The first-order chi connectivity index (χ1) is 7.64. The van der Waals surface area contributed by atoms with Gasteiger partial charge in [0, 0.05) is 6.07 Å². The second-order valence-corrected chi connectivity index (χ2v) is 3.15. The van der Waals surface area contributed by atoms with E-state index in [1.807, 2.05) is 0 Å². The smallest absolute Gasteiger partial charge is 0.258 e. The Kier molecular flexibility index (Phi) is 3.51. The molecule has 0 saturated carbocycles. The highest BCUT2D eigenvalue weighted by Gasteiger charge is 2.42. The summed E-state index contributed by atoms with van der Waals surface area (Å²) in [5.41, 5.74) is -4.57. The second-order valence-electron chi connectivity index (χ2n) is 2.79. The molecule has 0 radical (unpaired) electrons. The molecule has 10 heteroatoms. The van der Waals surface area contributed by atoms with Crippen LogP contribution in [0.1, 0.15) is 17.7 Å². The van der Waals surface area contributed by atoms with Gasteiger partial charge in [0.2, 0.25) is 0 Å². The van der Waals surface area contributed by atoms with Crippen LogP contribution in [-0.4, -0.2) is 9.91 Å². The van der Waals surface area contributed by atoms with Gasteiger partial charge in [-0.05, 0) is 0 Å². The fraction of sp³-hybridized carbons (Fsp3) is 0.286. The van der Waals surface area contributed by atoms with Gasteiger partial charge in [0.25, 0.3) is 12.1 Å². The van der Waals surface area contributed by atoms with Crippen LogP contribution in [0.3, 0.4) is 0 Å². The van der Waals surface area contributed by atoms with Gasteiger partial charge >= 0.3 is 6.18 Å². The Morgan fingerprint density at radius 2 is 1.94 bits per heavy atom. The standard InChI is InChI=1S/C7H2ClF5N2O2/c8-5-4(7(11,12)13)3(15(16)17)1-2(14-5)6(9)10/h1,6H. The maximum Gasteiger partial charge on any atom is 0.426 e. The van der Waals surface area contributed by atoms with Gasteiger partial charge in [0.1, 0.15) is 10.8 Å². The predicted octanol–water partition coefficient (Wildman–Crippen LogP) is 3.60. The number of pyridine rings is 1. The van der Waals surface area contributed by atoms with E-state index in [4.69, 9.17) is 11.6 Å². The van der Waals surface area contributed by atoms with Crippen molar-refractivity contribution in [2.45, 2.75) is 12.6 Å². The van der Waals surface area contributed by atoms with E-state index in [0.717, 1.165) is 0 Å². The number of rotatable bonds is 2. The van der Waals surface area contributed by atoms with Gasteiger partial charge in [-0.25, -0.2) is 13.8 Å².